The molecular weight excluding hydrogens is 196 g/mol. The molecule has 0 rings (SSSR count). The summed E-state index contributed by atoms with van der Waals surface area (Å²) in [5.74, 6) is 0. The Bertz CT molecular complexity index is 144. The molecule has 2 unspecified atom stereocenters. The van der Waals surface area contributed by atoms with Crippen LogP contribution in [0.2, 0.25) is 0 Å². The number of rotatable bonds is 10. The van der Waals surface area contributed by atoms with E-state index < -0.39 is 0 Å². The topological polar surface area (TPSA) is 15.3 Å². The van der Waals surface area contributed by atoms with Crippen molar-refractivity contribution in [3.8, 4) is 0 Å². The van der Waals surface area contributed by atoms with Crippen LogP contribution in [0.4, 0.5) is 0 Å². The maximum absolute atomic E-state index is 3.70. The smallest absolute Gasteiger partial charge is 0.0169 e. The Morgan fingerprint density at radius 1 is 0.938 bits per heavy atom. The molecule has 0 aliphatic heterocycles. The molecule has 2 atom stereocenters. The molecular formula is C14H32N2. The number of nitrogens with one attached hydrogen (secondary N) is 1. The molecule has 2 nitrogen and oxygen atoms in total. The Hall–Kier alpha value is -0.0800. The van der Waals surface area contributed by atoms with E-state index in [0.717, 1.165) is 13.1 Å². The van der Waals surface area contributed by atoms with Crippen molar-refractivity contribution >= 4 is 0 Å². The van der Waals surface area contributed by atoms with Crippen LogP contribution in [0.3, 0.4) is 0 Å². The Morgan fingerprint density at radius 2 is 1.56 bits per heavy atom. The number of hydrogen-bond acceptors (Lipinski definition) is 2. The maximum atomic E-state index is 3.70. The van der Waals surface area contributed by atoms with Gasteiger partial charge in [-0.25, -0.2) is 0 Å². The summed E-state index contributed by atoms with van der Waals surface area (Å²) in [6.07, 6.45) is 5.37. The van der Waals surface area contributed by atoms with E-state index >= 15 is 0 Å². The summed E-state index contributed by atoms with van der Waals surface area (Å²) in [5, 5.41) is 3.70. The lowest BCUT2D eigenvalue weighted by atomic mass is 10.1. The Labute approximate surface area is 103 Å². The first kappa shape index (κ1) is 15.9. The Kier molecular flexibility index (Phi) is 10.0. The molecule has 0 aromatic carbocycles. The van der Waals surface area contributed by atoms with E-state index in [1.54, 1.807) is 0 Å². The van der Waals surface area contributed by atoms with Gasteiger partial charge < -0.3 is 10.2 Å². The van der Waals surface area contributed by atoms with Crippen molar-refractivity contribution in [3.05, 3.63) is 0 Å². The summed E-state index contributed by atoms with van der Waals surface area (Å²) in [6.45, 7) is 14.8. The third-order valence-corrected chi connectivity index (χ3v) is 3.24. The second-order valence-corrected chi connectivity index (χ2v) is 4.95. The average Bonchev–Trinajstić information content (AvgIpc) is 2.26. The predicted octanol–water partition coefficient (Wildman–Crippen LogP) is 3.28. The molecule has 0 saturated carbocycles. The molecule has 98 valence electrons. The van der Waals surface area contributed by atoms with Crippen LogP contribution in [0, 0.1) is 0 Å². The van der Waals surface area contributed by atoms with Crippen molar-refractivity contribution in [1.29, 1.82) is 0 Å². The van der Waals surface area contributed by atoms with Crippen molar-refractivity contribution in [3.63, 3.8) is 0 Å². The van der Waals surface area contributed by atoms with Crippen LogP contribution in [-0.2, 0) is 0 Å². The standard InChI is InChI=1S/C14H32N2/c1-6-9-10-11-13(4)15-14(5)12-16(7-2)8-3/h13-15H,6-12H2,1-5H3. The highest BCUT2D eigenvalue weighted by molar-refractivity contribution is 4.70. The van der Waals surface area contributed by atoms with E-state index in [4.69, 9.17) is 0 Å². The molecule has 0 fully saturated rings. The molecule has 0 bridgehead atoms. The van der Waals surface area contributed by atoms with Gasteiger partial charge in [0, 0.05) is 18.6 Å². The molecule has 1 N–H and O–H groups in total. The van der Waals surface area contributed by atoms with Gasteiger partial charge in [0.2, 0.25) is 0 Å². The van der Waals surface area contributed by atoms with E-state index in [2.05, 4.69) is 44.8 Å². The molecule has 0 aromatic heterocycles. The summed E-state index contributed by atoms with van der Waals surface area (Å²) >= 11 is 0. The highest BCUT2D eigenvalue weighted by atomic mass is 15.1. The number of hydrogen-bond donors (Lipinski definition) is 1. The van der Waals surface area contributed by atoms with Crippen LogP contribution in [0.15, 0.2) is 0 Å². The molecule has 0 saturated heterocycles. The van der Waals surface area contributed by atoms with Gasteiger partial charge in [0.15, 0.2) is 0 Å². The fourth-order valence-electron chi connectivity index (χ4n) is 2.19. The first-order valence-electron chi connectivity index (χ1n) is 7.12. The van der Waals surface area contributed by atoms with Crippen molar-refractivity contribution in [2.45, 2.75) is 72.4 Å². The van der Waals surface area contributed by atoms with Gasteiger partial charge in [-0.1, -0.05) is 40.0 Å². The van der Waals surface area contributed by atoms with Crippen LogP contribution in [0.5, 0.6) is 0 Å². The zero-order chi connectivity index (χ0) is 12.4. The minimum absolute atomic E-state index is 0.608. The van der Waals surface area contributed by atoms with E-state index in [1.807, 2.05) is 0 Å². The lowest BCUT2D eigenvalue weighted by molar-refractivity contribution is 0.261. The summed E-state index contributed by atoms with van der Waals surface area (Å²) in [6, 6.07) is 1.27. The molecule has 2 heteroatoms. The first-order valence-corrected chi connectivity index (χ1v) is 7.12. The summed E-state index contributed by atoms with van der Waals surface area (Å²) < 4.78 is 0. The highest BCUT2D eigenvalue weighted by Crippen LogP contribution is 2.04. The normalized spacial score (nSPS) is 15.4. The van der Waals surface area contributed by atoms with Crippen LogP contribution in [0.25, 0.3) is 0 Å². The molecule has 16 heavy (non-hydrogen) atoms. The monoisotopic (exact) mass is 228 g/mol. The van der Waals surface area contributed by atoms with Gasteiger partial charge in [-0.3, -0.25) is 0 Å². The third kappa shape index (κ3) is 8.12. The molecule has 0 spiro atoms. The van der Waals surface area contributed by atoms with Crippen LogP contribution in [0.1, 0.15) is 60.3 Å². The van der Waals surface area contributed by atoms with Crippen LogP contribution < -0.4 is 5.32 Å². The zero-order valence-electron chi connectivity index (χ0n) is 12.1. The van der Waals surface area contributed by atoms with Gasteiger partial charge in [-0.15, -0.1) is 0 Å². The largest absolute Gasteiger partial charge is 0.311 e. The lowest BCUT2D eigenvalue weighted by Crippen LogP contribution is -2.42. The van der Waals surface area contributed by atoms with Crippen LogP contribution >= 0.6 is 0 Å². The molecule has 0 heterocycles. The van der Waals surface area contributed by atoms with E-state index in [0.29, 0.717) is 12.1 Å². The summed E-state index contributed by atoms with van der Waals surface area (Å²) in [7, 11) is 0. The van der Waals surface area contributed by atoms with Crippen molar-refractivity contribution in [2.75, 3.05) is 19.6 Å². The van der Waals surface area contributed by atoms with Gasteiger partial charge in [0.25, 0.3) is 0 Å². The van der Waals surface area contributed by atoms with E-state index in [-0.39, 0.29) is 0 Å². The summed E-state index contributed by atoms with van der Waals surface area (Å²) in [5.41, 5.74) is 0. The minimum Gasteiger partial charge on any atom is -0.311 e. The molecule has 0 aliphatic carbocycles. The molecule has 0 amide bonds. The number of likely N-dealkylation sites (N-methyl/N-ethyl adjacent to an activating group) is 1. The molecule has 0 aromatic rings. The number of nitrogens with zero attached hydrogens (tertiary/aromatic N) is 1. The van der Waals surface area contributed by atoms with Gasteiger partial charge in [-0.2, -0.15) is 0 Å². The SMILES string of the molecule is CCCCCC(C)NC(C)CN(CC)CC. The second-order valence-electron chi connectivity index (χ2n) is 4.95. The molecule has 0 aliphatic rings. The van der Waals surface area contributed by atoms with Crippen LogP contribution in [-0.4, -0.2) is 36.6 Å². The minimum atomic E-state index is 0.608. The zero-order valence-corrected chi connectivity index (χ0v) is 12.1. The first-order chi connectivity index (χ1) is 7.63. The molecule has 0 radical (unpaired) electrons. The fraction of sp³-hybridized carbons (Fsp3) is 1.00. The third-order valence-electron chi connectivity index (χ3n) is 3.24. The Balaban J connectivity index is 3.63. The van der Waals surface area contributed by atoms with Crippen molar-refractivity contribution < 1.29 is 0 Å². The van der Waals surface area contributed by atoms with Gasteiger partial charge in [0.1, 0.15) is 0 Å². The van der Waals surface area contributed by atoms with Gasteiger partial charge in [-0.05, 0) is 33.4 Å². The predicted molar refractivity (Wildman–Crippen MR) is 74.0 cm³/mol. The van der Waals surface area contributed by atoms with Crippen molar-refractivity contribution in [1.82, 2.24) is 10.2 Å². The maximum Gasteiger partial charge on any atom is 0.0169 e. The van der Waals surface area contributed by atoms with Crippen molar-refractivity contribution in [2.24, 2.45) is 0 Å². The second kappa shape index (κ2) is 10.1. The van der Waals surface area contributed by atoms with E-state index in [9.17, 15) is 0 Å². The average molecular weight is 228 g/mol. The van der Waals surface area contributed by atoms with Gasteiger partial charge in [0.05, 0.1) is 0 Å². The highest BCUT2D eigenvalue weighted by Gasteiger charge is 2.09. The number of unbranched alkanes of at least 4 members (excludes halogenated alkanes) is 2. The van der Waals surface area contributed by atoms with E-state index in [1.165, 1.54) is 32.2 Å². The quantitative estimate of drug-likeness (QED) is 0.577. The lowest BCUT2D eigenvalue weighted by Gasteiger charge is -2.26. The van der Waals surface area contributed by atoms with Gasteiger partial charge >= 0.3 is 0 Å². The Morgan fingerprint density at radius 3 is 2.06 bits per heavy atom. The summed E-state index contributed by atoms with van der Waals surface area (Å²) in [4.78, 5) is 2.48. The fourth-order valence-corrected chi connectivity index (χ4v) is 2.19.